The Morgan fingerprint density at radius 2 is 2.07 bits per heavy atom. The molecule has 0 aliphatic carbocycles. The van der Waals surface area contributed by atoms with Crippen LogP contribution in [0.4, 0.5) is 5.88 Å². The fraction of sp³-hybridized carbons (Fsp3) is 0.273. The van der Waals surface area contributed by atoms with Gasteiger partial charge in [0.05, 0.1) is 0 Å². The lowest BCUT2D eigenvalue weighted by atomic mass is 10.2. The van der Waals surface area contributed by atoms with Crippen LogP contribution in [-0.2, 0) is 0 Å². The zero-order chi connectivity index (χ0) is 9.26. The molecule has 2 aromatic rings. The largest absolute Gasteiger partial charge is 0.441 e. The molecule has 0 amide bonds. The van der Waals surface area contributed by atoms with Gasteiger partial charge in [-0.2, -0.15) is 0 Å². The number of anilines is 1. The lowest BCUT2D eigenvalue weighted by Crippen LogP contribution is -1.93. The number of hydrogen-bond acceptors (Lipinski definition) is 2. The van der Waals surface area contributed by atoms with Gasteiger partial charge in [0, 0.05) is 18.0 Å². The van der Waals surface area contributed by atoms with Gasteiger partial charge in [-0.3, -0.25) is 0 Å². The van der Waals surface area contributed by atoms with Gasteiger partial charge in [-0.05, 0) is 25.5 Å². The molecule has 0 aliphatic rings. The van der Waals surface area contributed by atoms with E-state index in [1.807, 2.05) is 6.07 Å². The fourth-order valence-electron chi connectivity index (χ4n) is 1.40. The van der Waals surface area contributed by atoms with Gasteiger partial charge in [0.25, 0.3) is 0 Å². The molecule has 0 saturated heterocycles. The second-order valence-electron chi connectivity index (χ2n) is 3.18. The van der Waals surface area contributed by atoms with Crippen LogP contribution in [0.3, 0.4) is 0 Å². The van der Waals surface area contributed by atoms with Crippen LogP contribution in [0.5, 0.6) is 0 Å². The minimum Gasteiger partial charge on any atom is -0.441 e. The summed E-state index contributed by atoms with van der Waals surface area (Å²) in [6, 6.07) is 8.25. The molecule has 0 bridgehead atoms. The van der Waals surface area contributed by atoms with Gasteiger partial charge in [0.1, 0.15) is 5.58 Å². The summed E-state index contributed by atoms with van der Waals surface area (Å²) in [5.41, 5.74) is 2.18. The number of benzene rings is 1. The Bertz CT molecular complexity index is 422. The van der Waals surface area contributed by atoms with Crippen LogP contribution in [0, 0.1) is 6.92 Å². The molecule has 1 aromatic heterocycles. The van der Waals surface area contributed by atoms with Crippen LogP contribution in [0.1, 0.15) is 12.5 Å². The molecule has 14 heavy (non-hydrogen) atoms. The van der Waals surface area contributed by atoms with Gasteiger partial charge < -0.3 is 9.73 Å². The number of nitrogens with one attached hydrogen (secondary N) is 1. The zero-order valence-corrected chi connectivity index (χ0v) is 9.15. The average molecular weight is 212 g/mol. The molecule has 1 heterocycles. The smallest absolute Gasteiger partial charge is 0.194 e. The zero-order valence-electron chi connectivity index (χ0n) is 8.33. The topological polar surface area (TPSA) is 25.2 Å². The van der Waals surface area contributed by atoms with Crippen molar-refractivity contribution in [2.24, 2.45) is 0 Å². The van der Waals surface area contributed by atoms with E-state index < -0.39 is 0 Å². The number of fused-ring (bicyclic) bond motifs is 1. The highest BCUT2D eigenvalue weighted by Gasteiger charge is 2.01. The van der Waals surface area contributed by atoms with Crippen molar-refractivity contribution in [2.75, 3.05) is 11.9 Å². The van der Waals surface area contributed by atoms with Crippen LogP contribution in [0.25, 0.3) is 11.0 Å². The van der Waals surface area contributed by atoms with Crippen molar-refractivity contribution in [2.45, 2.75) is 13.8 Å². The van der Waals surface area contributed by atoms with Crippen molar-refractivity contribution in [3.8, 4) is 0 Å². The number of halogens is 1. The first-order valence-electron chi connectivity index (χ1n) is 4.53. The Kier molecular flexibility index (Phi) is 3.42. The molecule has 2 nitrogen and oxygen atoms in total. The monoisotopic (exact) mass is 211 g/mol. The molecule has 0 atom stereocenters. The van der Waals surface area contributed by atoms with Gasteiger partial charge in [-0.1, -0.05) is 12.1 Å². The summed E-state index contributed by atoms with van der Waals surface area (Å²) in [7, 11) is 0. The number of aryl methyl sites for hydroxylation is 1. The summed E-state index contributed by atoms with van der Waals surface area (Å²) in [5.74, 6) is 0.850. The molecular weight excluding hydrogens is 198 g/mol. The number of rotatable bonds is 2. The third kappa shape index (κ3) is 2.02. The van der Waals surface area contributed by atoms with E-state index in [1.165, 1.54) is 5.56 Å². The lowest BCUT2D eigenvalue weighted by Gasteiger charge is -1.93. The second kappa shape index (κ2) is 4.38. The third-order valence-electron chi connectivity index (χ3n) is 2.03. The van der Waals surface area contributed by atoms with Crippen molar-refractivity contribution in [1.82, 2.24) is 0 Å². The molecule has 0 saturated carbocycles. The van der Waals surface area contributed by atoms with E-state index in [-0.39, 0.29) is 12.4 Å². The SMILES string of the molecule is CCNc1cc2ccc(C)cc2o1.Cl. The van der Waals surface area contributed by atoms with Crippen molar-refractivity contribution in [3.63, 3.8) is 0 Å². The molecule has 3 heteroatoms. The average Bonchev–Trinajstić information content (AvgIpc) is 2.46. The van der Waals surface area contributed by atoms with Gasteiger partial charge in [-0.15, -0.1) is 12.4 Å². The molecule has 0 fully saturated rings. The Balaban J connectivity index is 0.000000980. The van der Waals surface area contributed by atoms with E-state index in [0.29, 0.717) is 0 Å². The van der Waals surface area contributed by atoms with E-state index in [2.05, 4.69) is 37.4 Å². The summed E-state index contributed by atoms with van der Waals surface area (Å²) in [5, 5.41) is 4.30. The maximum absolute atomic E-state index is 5.58. The first kappa shape index (κ1) is 10.9. The molecule has 2 rings (SSSR count). The third-order valence-corrected chi connectivity index (χ3v) is 2.03. The Morgan fingerprint density at radius 1 is 1.29 bits per heavy atom. The summed E-state index contributed by atoms with van der Waals surface area (Å²) < 4.78 is 5.58. The summed E-state index contributed by atoms with van der Waals surface area (Å²) >= 11 is 0. The lowest BCUT2D eigenvalue weighted by molar-refractivity contribution is 0.628. The van der Waals surface area contributed by atoms with E-state index in [0.717, 1.165) is 23.4 Å². The van der Waals surface area contributed by atoms with Crippen LogP contribution >= 0.6 is 12.4 Å². The minimum atomic E-state index is 0. The van der Waals surface area contributed by atoms with Gasteiger partial charge in [-0.25, -0.2) is 0 Å². The van der Waals surface area contributed by atoms with Crippen LogP contribution in [-0.4, -0.2) is 6.54 Å². The quantitative estimate of drug-likeness (QED) is 0.821. The summed E-state index contributed by atoms with van der Waals surface area (Å²) in [6.07, 6.45) is 0. The van der Waals surface area contributed by atoms with Gasteiger partial charge in [0.2, 0.25) is 0 Å². The van der Waals surface area contributed by atoms with E-state index in [1.54, 1.807) is 0 Å². The molecule has 1 N–H and O–H groups in total. The minimum absolute atomic E-state index is 0. The van der Waals surface area contributed by atoms with Crippen molar-refractivity contribution < 1.29 is 4.42 Å². The van der Waals surface area contributed by atoms with E-state index in [9.17, 15) is 0 Å². The predicted molar refractivity (Wildman–Crippen MR) is 62.4 cm³/mol. The normalized spacial score (nSPS) is 9.86. The molecule has 0 unspecified atom stereocenters. The van der Waals surface area contributed by atoms with E-state index in [4.69, 9.17) is 4.42 Å². The summed E-state index contributed by atoms with van der Waals surface area (Å²) in [6.45, 7) is 5.01. The molecule has 1 aromatic carbocycles. The van der Waals surface area contributed by atoms with Crippen LogP contribution < -0.4 is 5.32 Å². The standard InChI is InChI=1S/C11H13NO.ClH/c1-3-12-11-7-9-5-4-8(2)6-10(9)13-11;/h4-7,12H,3H2,1-2H3;1H. The summed E-state index contributed by atoms with van der Waals surface area (Å²) in [4.78, 5) is 0. The van der Waals surface area contributed by atoms with Crippen LogP contribution in [0.2, 0.25) is 0 Å². The van der Waals surface area contributed by atoms with Crippen molar-refractivity contribution in [1.29, 1.82) is 0 Å². The van der Waals surface area contributed by atoms with Crippen LogP contribution in [0.15, 0.2) is 28.7 Å². The maximum atomic E-state index is 5.58. The first-order valence-corrected chi connectivity index (χ1v) is 4.53. The fourth-order valence-corrected chi connectivity index (χ4v) is 1.40. The maximum Gasteiger partial charge on any atom is 0.194 e. The Labute approximate surface area is 89.7 Å². The van der Waals surface area contributed by atoms with Crippen molar-refractivity contribution >= 4 is 29.3 Å². The Morgan fingerprint density at radius 3 is 2.79 bits per heavy atom. The highest BCUT2D eigenvalue weighted by molar-refractivity contribution is 5.85. The number of hydrogen-bond donors (Lipinski definition) is 1. The first-order chi connectivity index (χ1) is 6.29. The highest BCUT2D eigenvalue weighted by Crippen LogP contribution is 2.23. The molecule has 76 valence electrons. The van der Waals surface area contributed by atoms with Gasteiger partial charge in [0.15, 0.2) is 5.88 Å². The highest BCUT2D eigenvalue weighted by atomic mass is 35.5. The Hall–Kier alpha value is -1.15. The second-order valence-corrected chi connectivity index (χ2v) is 3.18. The van der Waals surface area contributed by atoms with Crippen molar-refractivity contribution in [3.05, 3.63) is 29.8 Å². The van der Waals surface area contributed by atoms with E-state index >= 15 is 0 Å². The van der Waals surface area contributed by atoms with Gasteiger partial charge >= 0.3 is 0 Å². The number of furan rings is 1. The molecule has 0 aliphatic heterocycles. The molecular formula is C11H14ClNO. The predicted octanol–water partition coefficient (Wildman–Crippen LogP) is 3.59. The molecule has 0 radical (unpaired) electrons. The molecule has 0 spiro atoms.